The van der Waals surface area contributed by atoms with Crippen LogP contribution in [0.15, 0.2) is 0 Å². The molecule has 0 heterocycles. The molecule has 0 aromatic heterocycles. The molecule has 0 aliphatic carbocycles. The van der Waals surface area contributed by atoms with Crippen molar-refractivity contribution in [1.29, 1.82) is 0 Å². The largest absolute Gasteiger partial charge is 1.00 e. The van der Waals surface area contributed by atoms with Crippen LogP contribution in [0.4, 0.5) is 0 Å². The summed E-state index contributed by atoms with van der Waals surface area (Å²) in [6.07, 6.45) is 10.6. The van der Waals surface area contributed by atoms with Gasteiger partial charge in [0.05, 0.1) is 6.61 Å². The molecule has 0 rings (SSSR count). The fraction of sp³-hybridized carbons (Fsp3) is 1.00. The van der Waals surface area contributed by atoms with E-state index in [1.54, 1.807) is 0 Å². The Labute approximate surface area is 129 Å². The second kappa shape index (κ2) is 13.5. The van der Waals surface area contributed by atoms with E-state index in [0.717, 1.165) is 19.3 Å². The van der Waals surface area contributed by atoms with Gasteiger partial charge in [0.25, 0.3) is 0 Å². The summed E-state index contributed by atoms with van der Waals surface area (Å²) in [5.74, 6) is 0. The molecule has 2 N–H and O–H groups in total. The van der Waals surface area contributed by atoms with Gasteiger partial charge in [0, 0.05) is 0 Å². The number of phosphoric ester groups is 1. The second-order valence-corrected chi connectivity index (χ2v) is 5.39. The molecule has 0 bridgehead atoms. The number of hydrogen-bond acceptors (Lipinski definition) is 2. The number of phosphoric acid groups is 1. The molecule has 0 saturated heterocycles. The molecule has 17 heavy (non-hydrogen) atoms. The third-order valence-corrected chi connectivity index (χ3v) is 3.03. The summed E-state index contributed by atoms with van der Waals surface area (Å²) in [7, 11) is -4.24. The Balaban J connectivity index is -0.00000112. The van der Waals surface area contributed by atoms with Crippen molar-refractivity contribution in [3.63, 3.8) is 0 Å². The molecule has 0 aliphatic heterocycles. The van der Waals surface area contributed by atoms with Crippen LogP contribution in [0.5, 0.6) is 0 Å². The Morgan fingerprint density at radius 3 is 1.76 bits per heavy atom. The van der Waals surface area contributed by atoms with E-state index in [-0.39, 0.29) is 37.6 Å². The zero-order valence-corrected chi connectivity index (χ0v) is 14.1. The smallest absolute Gasteiger partial charge is 1.00 e. The Bertz CT molecular complexity index is 201. The SMILES string of the molecule is CCCCCCCCCCCOP(=O)(O)O.[H-].[Na+]. The molecular weight excluding hydrogens is 250 g/mol. The van der Waals surface area contributed by atoms with Gasteiger partial charge >= 0.3 is 37.4 Å². The average molecular weight is 276 g/mol. The quantitative estimate of drug-likeness (QED) is 0.332. The van der Waals surface area contributed by atoms with E-state index in [1.807, 2.05) is 0 Å². The molecular formula is C11H26NaO4P. The van der Waals surface area contributed by atoms with E-state index in [9.17, 15) is 4.57 Å². The van der Waals surface area contributed by atoms with Crippen molar-refractivity contribution < 1.29 is 49.9 Å². The molecule has 0 fully saturated rings. The maximum Gasteiger partial charge on any atom is 1.00 e. The van der Waals surface area contributed by atoms with Gasteiger partial charge in [0.15, 0.2) is 0 Å². The van der Waals surface area contributed by atoms with E-state index in [4.69, 9.17) is 9.79 Å². The van der Waals surface area contributed by atoms with Crippen molar-refractivity contribution in [3.05, 3.63) is 0 Å². The van der Waals surface area contributed by atoms with Gasteiger partial charge in [-0.3, -0.25) is 4.52 Å². The second-order valence-electron chi connectivity index (χ2n) is 4.15. The van der Waals surface area contributed by atoms with Gasteiger partial charge in [0.2, 0.25) is 0 Å². The van der Waals surface area contributed by atoms with Gasteiger partial charge < -0.3 is 11.2 Å². The summed E-state index contributed by atoms with van der Waals surface area (Å²) < 4.78 is 14.7. The predicted molar refractivity (Wildman–Crippen MR) is 66.3 cm³/mol. The minimum Gasteiger partial charge on any atom is -1.00 e. The molecule has 0 radical (unpaired) electrons. The van der Waals surface area contributed by atoms with Crippen LogP contribution in [0.25, 0.3) is 0 Å². The van der Waals surface area contributed by atoms with E-state index < -0.39 is 7.82 Å². The first-order valence-electron chi connectivity index (χ1n) is 6.26. The van der Waals surface area contributed by atoms with Gasteiger partial charge in [-0.1, -0.05) is 58.3 Å². The minimum atomic E-state index is -4.24. The van der Waals surface area contributed by atoms with Crippen LogP contribution in [0.2, 0.25) is 0 Å². The number of rotatable bonds is 11. The van der Waals surface area contributed by atoms with Crippen LogP contribution in [0.1, 0.15) is 66.1 Å². The molecule has 0 aromatic carbocycles. The minimum absolute atomic E-state index is 0. The van der Waals surface area contributed by atoms with Gasteiger partial charge in [-0.2, -0.15) is 0 Å². The Hall–Kier alpha value is 1.11. The fourth-order valence-corrected chi connectivity index (χ4v) is 1.96. The zero-order chi connectivity index (χ0) is 12.3. The summed E-state index contributed by atoms with van der Waals surface area (Å²) in [6, 6.07) is 0. The molecule has 0 saturated carbocycles. The van der Waals surface area contributed by atoms with Gasteiger partial charge in [-0.05, 0) is 6.42 Å². The van der Waals surface area contributed by atoms with E-state index in [0.29, 0.717) is 0 Å². The van der Waals surface area contributed by atoms with Crippen molar-refractivity contribution in [3.8, 4) is 0 Å². The summed E-state index contributed by atoms with van der Waals surface area (Å²) >= 11 is 0. The molecule has 0 atom stereocenters. The monoisotopic (exact) mass is 276 g/mol. The van der Waals surface area contributed by atoms with Crippen LogP contribution in [-0.2, 0) is 9.09 Å². The van der Waals surface area contributed by atoms with Gasteiger partial charge in [-0.15, -0.1) is 0 Å². The van der Waals surface area contributed by atoms with Crippen LogP contribution < -0.4 is 29.6 Å². The Morgan fingerprint density at radius 1 is 0.941 bits per heavy atom. The fourth-order valence-electron chi connectivity index (χ4n) is 1.60. The summed E-state index contributed by atoms with van der Waals surface area (Å²) in [4.78, 5) is 16.9. The predicted octanol–water partition coefficient (Wildman–Crippen LogP) is 0.743. The van der Waals surface area contributed by atoms with Crippen LogP contribution in [-0.4, -0.2) is 16.4 Å². The average Bonchev–Trinajstić information content (AvgIpc) is 2.19. The molecule has 100 valence electrons. The summed E-state index contributed by atoms with van der Waals surface area (Å²) in [5.41, 5.74) is 0. The molecule has 0 amide bonds. The van der Waals surface area contributed by atoms with Crippen LogP contribution in [0.3, 0.4) is 0 Å². The number of unbranched alkanes of at least 4 members (excludes halogenated alkanes) is 8. The standard InChI is InChI=1S/C11H25O4P.Na.H/c1-2-3-4-5-6-7-8-9-10-11-15-16(12,13)14;;/h2-11H2,1H3,(H2,12,13,14);;/q;+1;-1. The van der Waals surface area contributed by atoms with Crippen molar-refractivity contribution in [2.75, 3.05) is 6.61 Å². The first-order valence-corrected chi connectivity index (χ1v) is 7.79. The topological polar surface area (TPSA) is 66.8 Å². The maximum absolute atomic E-state index is 10.3. The first kappa shape index (κ1) is 20.4. The van der Waals surface area contributed by atoms with Crippen molar-refractivity contribution in [2.45, 2.75) is 64.7 Å². The molecule has 0 unspecified atom stereocenters. The van der Waals surface area contributed by atoms with E-state index in [2.05, 4.69) is 11.4 Å². The van der Waals surface area contributed by atoms with Gasteiger partial charge in [-0.25, -0.2) is 4.57 Å². The molecule has 0 aliphatic rings. The third kappa shape index (κ3) is 19.6. The molecule has 0 spiro atoms. The van der Waals surface area contributed by atoms with E-state index in [1.165, 1.54) is 38.5 Å². The molecule has 4 nitrogen and oxygen atoms in total. The van der Waals surface area contributed by atoms with Crippen LogP contribution >= 0.6 is 7.82 Å². The Morgan fingerprint density at radius 2 is 1.35 bits per heavy atom. The third-order valence-electron chi connectivity index (χ3n) is 2.51. The molecule has 6 heteroatoms. The summed E-state index contributed by atoms with van der Waals surface area (Å²) in [5, 5.41) is 0. The van der Waals surface area contributed by atoms with Crippen molar-refractivity contribution >= 4 is 7.82 Å². The maximum atomic E-state index is 10.3. The number of hydrogen-bond donors (Lipinski definition) is 2. The van der Waals surface area contributed by atoms with Crippen molar-refractivity contribution in [2.24, 2.45) is 0 Å². The van der Waals surface area contributed by atoms with Crippen LogP contribution in [0, 0.1) is 0 Å². The summed E-state index contributed by atoms with van der Waals surface area (Å²) in [6.45, 7) is 2.38. The van der Waals surface area contributed by atoms with Crippen molar-refractivity contribution in [1.82, 2.24) is 0 Å². The first-order chi connectivity index (χ1) is 7.56. The van der Waals surface area contributed by atoms with E-state index >= 15 is 0 Å². The van der Waals surface area contributed by atoms with Gasteiger partial charge in [0.1, 0.15) is 0 Å². The zero-order valence-electron chi connectivity index (χ0n) is 12.2. The molecule has 0 aromatic rings. The normalized spacial score (nSPS) is 11.2. The Kier molecular flexibility index (Phi) is 16.3.